The maximum atomic E-state index is 11.6. The van der Waals surface area contributed by atoms with Crippen LogP contribution in [0.1, 0.15) is 6.42 Å². The molecule has 0 heterocycles. The number of hydrogen-bond donors (Lipinski definition) is 3. The molecule has 0 aromatic carbocycles. The monoisotopic (exact) mass is 222 g/mol. The van der Waals surface area contributed by atoms with Crippen LogP contribution in [0.5, 0.6) is 0 Å². The molecule has 0 aromatic rings. The molecule has 0 aliphatic heterocycles. The first kappa shape index (κ1) is 12.4. The number of carboxylic acids is 1. The van der Waals surface area contributed by atoms with Crippen molar-refractivity contribution in [2.24, 2.45) is 0 Å². The average molecular weight is 222 g/mol. The number of halogens is 3. The van der Waals surface area contributed by atoms with Gasteiger partial charge in [0.2, 0.25) is 0 Å². The highest BCUT2D eigenvalue weighted by molar-refractivity contribution is 7.53. The van der Waals surface area contributed by atoms with Crippen LogP contribution in [0.25, 0.3) is 0 Å². The highest BCUT2D eigenvalue weighted by atomic mass is 31.2. The molecule has 13 heavy (non-hydrogen) atoms. The second-order valence-corrected chi connectivity index (χ2v) is 4.06. The van der Waals surface area contributed by atoms with Crippen molar-refractivity contribution in [3.05, 3.63) is 0 Å². The van der Waals surface area contributed by atoms with E-state index in [0.29, 0.717) is 0 Å². The lowest BCUT2D eigenvalue weighted by Gasteiger charge is -2.15. The largest absolute Gasteiger partial charge is 0.481 e. The lowest BCUT2D eigenvalue weighted by Crippen LogP contribution is -2.27. The standard InChI is InChI=1S/C4H6F3O5P/c5-4(6,7)1-2(3(8)9)13(10,11)12/h2H,1H2,(H,8,9)(H2,10,11,12). The van der Waals surface area contributed by atoms with E-state index in [1.807, 2.05) is 0 Å². The molecule has 0 saturated heterocycles. The highest BCUT2D eigenvalue weighted by Gasteiger charge is 2.44. The van der Waals surface area contributed by atoms with E-state index in [2.05, 4.69) is 0 Å². The third kappa shape index (κ3) is 4.87. The molecule has 0 saturated carbocycles. The van der Waals surface area contributed by atoms with Gasteiger partial charge in [0.1, 0.15) is 0 Å². The summed E-state index contributed by atoms with van der Waals surface area (Å²) in [4.78, 5) is 26.5. The summed E-state index contributed by atoms with van der Waals surface area (Å²) in [6, 6.07) is 0. The molecule has 0 aliphatic rings. The zero-order valence-electron chi connectivity index (χ0n) is 6.02. The van der Waals surface area contributed by atoms with Crippen molar-refractivity contribution in [1.82, 2.24) is 0 Å². The van der Waals surface area contributed by atoms with Crippen LogP contribution in [-0.2, 0) is 9.36 Å². The first-order valence-electron chi connectivity index (χ1n) is 2.89. The maximum absolute atomic E-state index is 11.6. The molecule has 0 radical (unpaired) electrons. The van der Waals surface area contributed by atoms with E-state index in [1.54, 1.807) is 0 Å². The van der Waals surface area contributed by atoms with Gasteiger partial charge in [-0.2, -0.15) is 13.2 Å². The summed E-state index contributed by atoms with van der Waals surface area (Å²) >= 11 is 0. The smallest absolute Gasteiger partial charge is 0.390 e. The summed E-state index contributed by atoms with van der Waals surface area (Å²) in [5.41, 5.74) is -2.72. The highest BCUT2D eigenvalue weighted by Crippen LogP contribution is 2.46. The van der Waals surface area contributed by atoms with Crippen LogP contribution in [0.4, 0.5) is 13.2 Å². The van der Waals surface area contributed by atoms with E-state index in [0.717, 1.165) is 0 Å². The van der Waals surface area contributed by atoms with Crippen molar-refractivity contribution in [1.29, 1.82) is 0 Å². The minimum Gasteiger partial charge on any atom is -0.481 e. The second-order valence-electron chi connectivity index (χ2n) is 2.26. The molecule has 0 aromatic heterocycles. The zero-order chi connectivity index (χ0) is 10.9. The van der Waals surface area contributed by atoms with Crippen LogP contribution in [-0.4, -0.2) is 32.7 Å². The van der Waals surface area contributed by atoms with Crippen molar-refractivity contribution in [3.8, 4) is 0 Å². The Morgan fingerprint density at radius 3 is 1.85 bits per heavy atom. The Morgan fingerprint density at radius 1 is 1.38 bits per heavy atom. The van der Waals surface area contributed by atoms with Crippen molar-refractivity contribution >= 4 is 13.6 Å². The Kier molecular flexibility index (Phi) is 3.48. The van der Waals surface area contributed by atoms with Crippen molar-refractivity contribution in [2.45, 2.75) is 18.3 Å². The number of alkyl halides is 3. The lowest BCUT2D eigenvalue weighted by molar-refractivity contribution is -0.152. The summed E-state index contributed by atoms with van der Waals surface area (Å²) in [7, 11) is -5.25. The van der Waals surface area contributed by atoms with Gasteiger partial charge in [0.05, 0.1) is 6.42 Å². The maximum Gasteiger partial charge on any atom is 0.390 e. The van der Waals surface area contributed by atoms with Crippen LogP contribution in [0.15, 0.2) is 0 Å². The fourth-order valence-electron chi connectivity index (χ4n) is 0.569. The predicted molar refractivity (Wildman–Crippen MR) is 34.1 cm³/mol. The fraction of sp³-hybridized carbons (Fsp3) is 0.750. The number of carboxylic acid groups (broad SMARTS) is 1. The van der Waals surface area contributed by atoms with Gasteiger partial charge in [-0.15, -0.1) is 0 Å². The fourth-order valence-corrected chi connectivity index (χ4v) is 1.30. The van der Waals surface area contributed by atoms with Crippen molar-refractivity contribution < 1.29 is 37.4 Å². The number of aliphatic carboxylic acids is 1. The number of hydrogen-bond acceptors (Lipinski definition) is 2. The lowest BCUT2D eigenvalue weighted by atomic mass is 10.3. The molecule has 1 unspecified atom stereocenters. The Labute approximate surface area is 70.3 Å². The van der Waals surface area contributed by atoms with E-state index >= 15 is 0 Å². The van der Waals surface area contributed by atoms with Gasteiger partial charge in [0.15, 0.2) is 5.66 Å². The van der Waals surface area contributed by atoms with E-state index in [4.69, 9.17) is 14.9 Å². The van der Waals surface area contributed by atoms with E-state index < -0.39 is 31.8 Å². The van der Waals surface area contributed by atoms with Crippen LogP contribution in [0.2, 0.25) is 0 Å². The number of carbonyl (C=O) groups is 1. The third-order valence-corrected chi connectivity index (χ3v) is 2.33. The first-order valence-corrected chi connectivity index (χ1v) is 4.57. The Hall–Kier alpha value is -0.590. The minimum absolute atomic E-state index is 2.04. The first-order chi connectivity index (χ1) is 5.54. The summed E-state index contributed by atoms with van der Waals surface area (Å²) < 4.78 is 45.0. The Morgan fingerprint density at radius 2 is 1.77 bits per heavy atom. The molecule has 3 N–H and O–H groups in total. The molecule has 0 amide bonds. The van der Waals surface area contributed by atoms with Gasteiger partial charge in [-0.05, 0) is 0 Å². The minimum atomic E-state index is -5.25. The Bertz CT molecular complexity index is 243. The van der Waals surface area contributed by atoms with Gasteiger partial charge >= 0.3 is 19.7 Å². The number of rotatable bonds is 3. The zero-order valence-corrected chi connectivity index (χ0v) is 6.92. The van der Waals surface area contributed by atoms with E-state index in [-0.39, 0.29) is 0 Å². The van der Waals surface area contributed by atoms with Crippen LogP contribution < -0.4 is 0 Å². The molecule has 0 bridgehead atoms. The van der Waals surface area contributed by atoms with Crippen LogP contribution in [0.3, 0.4) is 0 Å². The molecular formula is C4H6F3O5P. The Balaban J connectivity index is 4.67. The van der Waals surface area contributed by atoms with Gasteiger partial charge < -0.3 is 14.9 Å². The van der Waals surface area contributed by atoms with Gasteiger partial charge in [0, 0.05) is 0 Å². The molecular weight excluding hydrogens is 216 g/mol. The molecule has 9 heteroatoms. The summed E-state index contributed by atoms with van der Waals surface area (Å²) in [5, 5.41) is 8.08. The molecule has 0 rings (SSSR count). The third-order valence-electron chi connectivity index (χ3n) is 1.12. The summed E-state index contributed by atoms with van der Waals surface area (Å²) in [6.07, 6.45) is -6.95. The van der Waals surface area contributed by atoms with E-state index in [9.17, 15) is 22.5 Å². The van der Waals surface area contributed by atoms with E-state index in [1.165, 1.54) is 0 Å². The molecule has 1 atom stereocenters. The van der Waals surface area contributed by atoms with Crippen molar-refractivity contribution in [3.63, 3.8) is 0 Å². The van der Waals surface area contributed by atoms with Crippen LogP contribution in [0, 0.1) is 0 Å². The van der Waals surface area contributed by atoms with Gasteiger partial charge in [-0.25, -0.2) is 0 Å². The van der Waals surface area contributed by atoms with Gasteiger partial charge in [-0.3, -0.25) is 9.36 Å². The van der Waals surface area contributed by atoms with Gasteiger partial charge in [-0.1, -0.05) is 0 Å². The molecule has 0 fully saturated rings. The second kappa shape index (κ2) is 3.65. The van der Waals surface area contributed by atoms with Crippen molar-refractivity contribution in [2.75, 3.05) is 0 Å². The van der Waals surface area contributed by atoms with Gasteiger partial charge in [0.25, 0.3) is 0 Å². The summed E-state index contributed by atoms with van der Waals surface area (Å²) in [6.45, 7) is 0. The summed E-state index contributed by atoms with van der Waals surface area (Å²) in [5.74, 6) is -2.16. The quantitative estimate of drug-likeness (QED) is 0.606. The predicted octanol–water partition coefficient (Wildman–Crippen LogP) is 0.570. The molecule has 78 valence electrons. The SMILES string of the molecule is O=C(O)C(CC(F)(F)F)P(=O)(O)O. The topological polar surface area (TPSA) is 94.8 Å². The average Bonchev–Trinajstić information content (AvgIpc) is 1.77. The normalized spacial score (nSPS) is 15.5. The molecule has 5 nitrogen and oxygen atoms in total. The molecule has 0 aliphatic carbocycles. The molecule has 0 spiro atoms. The van der Waals surface area contributed by atoms with Crippen LogP contribution >= 0.6 is 7.60 Å².